The van der Waals surface area contributed by atoms with Gasteiger partial charge in [-0.2, -0.15) is 0 Å². The van der Waals surface area contributed by atoms with Gasteiger partial charge in [-0.05, 0) is 12.1 Å². The molecule has 1 aromatic carbocycles. The van der Waals surface area contributed by atoms with Gasteiger partial charge in [0, 0.05) is 17.1 Å². The number of benzene rings is 1. The topological polar surface area (TPSA) is 30.7 Å². The normalized spacial score (nSPS) is 14.3. The van der Waals surface area contributed by atoms with Crippen LogP contribution in [0.5, 0.6) is 0 Å². The van der Waals surface area contributed by atoms with E-state index in [1.165, 1.54) is 10.6 Å². The van der Waals surface area contributed by atoms with Crippen molar-refractivity contribution in [3.8, 4) is 5.69 Å². The number of nitrogens with zero attached hydrogens (tertiary/aromatic N) is 3. The van der Waals surface area contributed by atoms with Crippen molar-refractivity contribution in [2.75, 3.05) is 5.75 Å². The summed E-state index contributed by atoms with van der Waals surface area (Å²) in [5, 5.41) is 8.06. The zero-order valence-electron chi connectivity index (χ0n) is 7.55. The maximum Gasteiger partial charge on any atom is 0.138 e. The highest BCUT2D eigenvalue weighted by Gasteiger charge is 2.14. The molecule has 2 aromatic rings. The molecule has 1 aliphatic heterocycles. The molecule has 0 saturated heterocycles. The maximum atomic E-state index is 4.12. The second-order valence-corrected chi connectivity index (χ2v) is 4.32. The lowest BCUT2D eigenvalue weighted by molar-refractivity contribution is 0.890. The molecule has 1 aromatic heterocycles. The van der Waals surface area contributed by atoms with Gasteiger partial charge in [-0.15, -0.1) is 22.0 Å². The molecule has 0 atom stereocenters. The maximum absolute atomic E-state index is 4.12. The van der Waals surface area contributed by atoms with Crippen molar-refractivity contribution < 1.29 is 0 Å². The molecule has 2 heterocycles. The predicted molar refractivity (Wildman–Crippen MR) is 55.8 cm³/mol. The fourth-order valence-electron chi connectivity index (χ4n) is 1.66. The Morgan fingerprint density at radius 2 is 2.21 bits per heavy atom. The smallest absolute Gasteiger partial charge is 0.138 e. The van der Waals surface area contributed by atoms with Crippen LogP contribution in [-0.2, 0) is 6.42 Å². The van der Waals surface area contributed by atoms with Gasteiger partial charge >= 0.3 is 0 Å². The lowest BCUT2D eigenvalue weighted by Crippen LogP contribution is -1.98. The van der Waals surface area contributed by atoms with Gasteiger partial charge in [-0.25, -0.2) is 0 Å². The first-order valence-corrected chi connectivity index (χ1v) is 5.55. The van der Waals surface area contributed by atoms with Crippen molar-refractivity contribution in [2.45, 2.75) is 11.3 Å². The quantitative estimate of drug-likeness (QED) is 0.655. The summed E-state index contributed by atoms with van der Waals surface area (Å²) in [6, 6.07) is 8.38. The van der Waals surface area contributed by atoms with Crippen LogP contribution in [0.25, 0.3) is 5.69 Å². The summed E-state index contributed by atoms with van der Waals surface area (Å²) in [7, 11) is 0. The first-order chi connectivity index (χ1) is 6.95. The van der Waals surface area contributed by atoms with Crippen LogP contribution in [0.15, 0.2) is 35.5 Å². The summed E-state index contributed by atoms with van der Waals surface area (Å²) >= 11 is 1.88. The lowest BCUT2D eigenvalue weighted by Gasteiger charge is -2.05. The molecule has 14 heavy (non-hydrogen) atoms. The Labute approximate surface area is 86.2 Å². The number of aromatic nitrogens is 3. The summed E-state index contributed by atoms with van der Waals surface area (Å²) in [5.74, 6) is 2.14. The average molecular weight is 203 g/mol. The van der Waals surface area contributed by atoms with Gasteiger partial charge in [-0.1, -0.05) is 12.1 Å². The summed E-state index contributed by atoms with van der Waals surface area (Å²) in [6.07, 6.45) is 2.78. The van der Waals surface area contributed by atoms with E-state index < -0.39 is 0 Å². The van der Waals surface area contributed by atoms with Gasteiger partial charge in [0.15, 0.2) is 0 Å². The van der Waals surface area contributed by atoms with Crippen LogP contribution >= 0.6 is 11.8 Å². The van der Waals surface area contributed by atoms with Gasteiger partial charge in [0.25, 0.3) is 0 Å². The minimum Gasteiger partial charge on any atom is -0.284 e. The number of para-hydroxylation sites is 1. The number of hydrogen-bond acceptors (Lipinski definition) is 3. The van der Waals surface area contributed by atoms with E-state index in [1.54, 1.807) is 6.33 Å². The minimum absolute atomic E-state index is 0.985. The van der Waals surface area contributed by atoms with Crippen molar-refractivity contribution in [1.82, 2.24) is 14.8 Å². The van der Waals surface area contributed by atoms with E-state index in [0.29, 0.717) is 0 Å². The Kier molecular flexibility index (Phi) is 1.80. The lowest BCUT2D eigenvalue weighted by atomic mass is 10.3. The Bertz CT molecular complexity index is 464. The van der Waals surface area contributed by atoms with Crippen molar-refractivity contribution in [1.29, 1.82) is 0 Å². The van der Waals surface area contributed by atoms with Crippen LogP contribution in [0.3, 0.4) is 0 Å². The van der Waals surface area contributed by atoms with Crippen molar-refractivity contribution in [3.05, 3.63) is 36.4 Å². The van der Waals surface area contributed by atoms with Crippen LogP contribution in [0.4, 0.5) is 0 Å². The summed E-state index contributed by atoms with van der Waals surface area (Å²) < 4.78 is 2.08. The highest BCUT2D eigenvalue weighted by Crippen LogP contribution is 2.29. The van der Waals surface area contributed by atoms with E-state index in [0.717, 1.165) is 18.0 Å². The Balaban J connectivity index is 2.27. The number of rotatable bonds is 0. The van der Waals surface area contributed by atoms with Gasteiger partial charge < -0.3 is 0 Å². The van der Waals surface area contributed by atoms with Crippen LogP contribution in [0, 0.1) is 0 Å². The molecular formula is C10H9N3S. The highest BCUT2D eigenvalue weighted by molar-refractivity contribution is 7.99. The van der Waals surface area contributed by atoms with Crippen molar-refractivity contribution >= 4 is 11.8 Å². The molecule has 0 amide bonds. The third kappa shape index (κ3) is 1.14. The third-order valence-corrected chi connectivity index (χ3v) is 3.39. The zero-order valence-corrected chi connectivity index (χ0v) is 8.37. The monoisotopic (exact) mass is 203 g/mol. The van der Waals surface area contributed by atoms with E-state index in [9.17, 15) is 0 Å². The Hall–Kier alpha value is -1.29. The molecule has 3 nitrogen and oxygen atoms in total. The fourth-order valence-corrected chi connectivity index (χ4v) is 2.65. The average Bonchev–Trinajstić information content (AvgIpc) is 2.61. The SMILES string of the molecule is c1ccc2c(c1)SCCc1nncn1-2. The minimum atomic E-state index is 0.985. The molecule has 0 N–H and O–H groups in total. The number of fused-ring (bicyclic) bond motifs is 3. The van der Waals surface area contributed by atoms with Crippen LogP contribution < -0.4 is 0 Å². The van der Waals surface area contributed by atoms with Crippen LogP contribution in [0.2, 0.25) is 0 Å². The number of hydrogen-bond donors (Lipinski definition) is 0. The van der Waals surface area contributed by atoms with Gasteiger partial charge in [0.2, 0.25) is 0 Å². The van der Waals surface area contributed by atoms with Gasteiger partial charge in [0.1, 0.15) is 12.2 Å². The summed E-state index contributed by atoms with van der Waals surface area (Å²) in [5.41, 5.74) is 1.20. The second-order valence-electron chi connectivity index (χ2n) is 3.18. The van der Waals surface area contributed by atoms with E-state index >= 15 is 0 Å². The van der Waals surface area contributed by atoms with Gasteiger partial charge in [-0.3, -0.25) is 4.57 Å². The van der Waals surface area contributed by atoms with Crippen LogP contribution in [0.1, 0.15) is 5.82 Å². The molecular weight excluding hydrogens is 194 g/mol. The number of aryl methyl sites for hydroxylation is 1. The molecule has 0 radical (unpaired) electrons. The molecule has 0 aliphatic carbocycles. The molecule has 0 unspecified atom stereocenters. The molecule has 70 valence electrons. The largest absolute Gasteiger partial charge is 0.284 e. The van der Waals surface area contributed by atoms with Crippen LogP contribution in [-0.4, -0.2) is 20.5 Å². The van der Waals surface area contributed by atoms with E-state index in [2.05, 4.69) is 39.0 Å². The summed E-state index contributed by atoms with van der Waals surface area (Å²) in [4.78, 5) is 1.31. The number of thioether (sulfide) groups is 1. The Morgan fingerprint density at radius 1 is 1.29 bits per heavy atom. The standard InChI is InChI=1S/C10H9N3S/c1-2-4-9-8(3-1)13-7-11-12-10(13)5-6-14-9/h1-4,7H,5-6H2. The van der Waals surface area contributed by atoms with Gasteiger partial charge in [0.05, 0.1) is 5.69 Å². The third-order valence-electron chi connectivity index (χ3n) is 2.33. The Morgan fingerprint density at radius 3 is 3.21 bits per heavy atom. The van der Waals surface area contributed by atoms with Crippen molar-refractivity contribution in [2.24, 2.45) is 0 Å². The first kappa shape index (κ1) is 8.05. The van der Waals surface area contributed by atoms with Crippen molar-refractivity contribution in [3.63, 3.8) is 0 Å². The fraction of sp³-hybridized carbons (Fsp3) is 0.200. The second kappa shape index (κ2) is 3.13. The molecule has 1 aliphatic rings. The van der Waals surface area contributed by atoms with E-state index in [1.807, 2.05) is 11.8 Å². The molecule has 0 bridgehead atoms. The molecule has 4 heteroatoms. The van der Waals surface area contributed by atoms with E-state index in [-0.39, 0.29) is 0 Å². The predicted octanol–water partition coefficient (Wildman–Crippen LogP) is 1.92. The first-order valence-electron chi connectivity index (χ1n) is 4.56. The summed E-state index contributed by atoms with van der Waals surface area (Å²) in [6.45, 7) is 0. The molecule has 0 spiro atoms. The molecule has 0 fully saturated rings. The molecule has 3 rings (SSSR count). The molecule has 0 saturated carbocycles. The zero-order chi connectivity index (χ0) is 9.38. The highest BCUT2D eigenvalue weighted by atomic mass is 32.2. The van der Waals surface area contributed by atoms with E-state index in [4.69, 9.17) is 0 Å².